The summed E-state index contributed by atoms with van der Waals surface area (Å²) in [5, 5.41) is 4.03. The maximum absolute atomic E-state index is 5.73. The van der Waals surface area contributed by atoms with E-state index in [0.29, 0.717) is 6.04 Å². The predicted molar refractivity (Wildman–Crippen MR) is 90.5 cm³/mol. The lowest BCUT2D eigenvalue weighted by Crippen LogP contribution is -2.22. The van der Waals surface area contributed by atoms with Crippen molar-refractivity contribution in [2.24, 2.45) is 0 Å². The maximum Gasteiger partial charge on any atom is 0.154 e. The summed E-state index contributed by atoms with van der Waals surface area (Å²) in [6, 6.07) is 10.9. The Morgan fingerprint density at radius 1 is 1.30 bits per heavy atom. The highest BCUT2D eigenvalue weighted by Gasteiger charge is 2.28. The van der Waals surface area contributed by atoms with Crippen molar-refractivity contribution in [3.05, 3.63) is 47.3 Å². The van der Waals surface area contributed by atoms with Gasteiger partial charge in [-0.05, 0) is 50.4 Å². The highest BCUT2D eigenvalue weighted by Crippen LogP contribution is 2.33. The molecule has 0 spiro atoms. The zero-order chi connectivity index (χ0) is 16.1. The van der Waals surface area contributed by atoms with Gasteiger partial charge in [0, 0.05) is 12.6 Å². The summed E-state index contributed by atoms with van der Waals surface area (Å²) in [7, 11) is 0. The van der Waals surface area contributed by atoms with Gasteiger partial charge < -0.3 is 9.26 Å². The van der Waals surface area contributed by atoms with Gasteiger partial charge in [-0.3, -0.25) is 4.90 Å². The summed E-state index contributed by atoms with van der Waals surface area (Å²) < 4.78 is 11.2. The average Bonchev–Trinajstić information content (AvgIpc) is 3.18. The van der Waals surface area contributed by atoms with Crippen LogP contribution in [0.1, 0.15) is 55.7 Å². The number of nitrogens with zero attached hydrogens (tertiary/aromatic N) is 2. The lowest BCUT2D eigenvalue weighted by Gasteiger charge is -2.22. The molecule has 3 rings (SSSR count). The molecule has 1 aliphatic heterocycles. The molecule has 4 nitrogen and oxygen atoms in total. The smallest absolute Gasteiger partial charge is 0.154 e. The molecule has 1 atom stereocenters. The van der Waals surface area contributed by atoms with E-state index < -0.39 is 0 Å². The summed E-state index contributed by atoms with van der Waals surface area (Å²) in [6.07, 6.45) is 4.62. The number of hydrogen-bond donors (Lipinski definition) is 0. The number of aromatic nitrogens is 1. The molecule has 1 fully saturated rings. The minimum absolute atomic E-state index is 0.358. The Morgan fingerprint density at radius 2 is 2.13 bits per heavy atom. The highest BCUT2D eigenvalue weighted by atomic mass is 16.5. The summed E-state index contributed by atoms with van der Waals surface area (Å²) in [4.78, 5) is 2.48. The van der Waals surface area contributed by atoms with Gasteiger partial charge in [0.05, 0.1) is 18.3 Å². The van der Waals surface area contributed by atoms with E-state index in [0.717, 1.165) is 56.2 Å². The third-order valence-corrected chi connectivity index (χ3v) is 4.41. The molecule has 1 aromatic carbocycles. The minimum atomic E-state index is 0.358. The molecule has 4 heteroatoms. The van der Waals surface area contributed by atoms with Crippen molar-refractivity contribution in [2.75, 3.05) is 13.2 Å². The summed E-state index contributed by atoms with van der Waals surface area (Å²) in [5.41, 5.74) is 2.27. The molecule has 0 bridgehead atoms. The molecule has 0 N–H and O–H groups in total. The van der Waals surface area contributed by atoms with Crippen molar-refractivity contribution < 1.29 is 9.26 Å². The molecule has 23 heavy (non-hydrogen) atoms. The quantitative estimate of drug-likeness (QED) is 0.705. The molecule has 1 aliphatic rings. The Bertz CT molecular complexity index is 606. The Labute approximate surface area is 138 Å². The first-order valence-electron chi connectivity index (χ1n) is 8.65. The minimum Gasteiger partial charge on any atom is -0.494 e. The van der Waals surface area contributed by atoms with Crippen LogP contribution in [0.2, 0.25) is 0 Å². The van der Waals surface area contributed by atoms with E-state index in [1.807, 2.05) is 6.92 Å². The van der Waals surface area contributed by atoms with E-state index >= 15 is 0 Å². The molecule has 2 aromatic rings. The fourth-order valence-electron chi connectivity index (χ4n) is 3.14. The normalized spacial score (nSPS) is 18.4. The Balaban J connectivity index is 1.59. The zero-order valence-corrected chi connectivity index (χ0v) is 14.1. The fourth-order valence-corrected chi connectivity index (χ4v) is 3.14. The van der Waals surface area contributed by atoms with Gasteiger partial charge in [0.25, 0.3) is 0 Å². The monoisotopic (exact) mass is 314 g/mol. The zero-order valence-electron chi connectivity index (χ0n) is 14.1. The third kappa shape index (κ3) is 4.14. The molecule has 1 aromatic heterocycles. The Hall–Kier alpha value is -1.81. The van der Waals surface area contributed by atoms with Gasteiger partial charge in [0.15, 0.2) is 5.76 Å². The molecule has 2 heterocycles. The van der Waals surface area contributed by atoms with E-state index in [4.69, 9.17) is 9.26 Å². The van der Waals surface area contributed by atoms with Gasteiger partial charge in [0.2, 0.25) is 0 Å². The fraction of sp³-hybridized carbons (Fsp3) is 0.526. The van der Waals surface area contributed by atoms with E-state index in [1.165, 1.54) is 12.0 Å². The van der Waals surface area contributed by atoms with Gasteiger partial charge in [-0.2, -0.15) is 0 Å². The van der Waals surface area contributed by atoms with Crippen LogP contribution in [-0.2, 0) is 6.54 Å². The number of hydrogen-bond acceptors (Lipinski definition) is 4. The van der Waals surface area contributed by atoms with Crippen LogP contribution in [0.3, 0.4) is 0 Å². The largest absolute Gasteiger partial charge is 0.494 e. The standard InChI is InChI=1S/C19H26N2O2/c1-3-4-12-22-17-9-7-16(8-10-17)14-21-11-5-6-18(21)19-13-15(2)20-23-19/h7-10,13,18H,3-6,11-12,14H2,1-2H3. The third-order valence-electron chi connectivity index (χ3n) is 4.41. The second kappa shape index (κ2) is 7.64. The van der Waals surface area contributed by atoms with Crippen LogP contribution in [0.15, 0.2) is 34.9 Å². The first-order valence-corrected chi connectivity index (χ1v) is 8.65. The number of aryl methyl sites for hydroxylation is 1. The number of ether oxygens (including phenoxy) is 1. The molecular weight excluding hydrogens is 288 g/mol. The molecule has 0 saturated carbocycles. The van der Waals surface area contributed by atoms with Crippen LogP contribution in [0.4, 0.5) is 0 Å². The molecule has 0 radical (unpaired) electrons. The van der Waals surface area contributed by atoms with E-state index in [2.05, 4.69) is 47.3 Å². The van der Waals surface area contributed by atoms with Crippen LogP contribution in [-0.4, -0.2) is 23.2 Å². The van der Waals surface area contributed by atoms with Crippen LogP contribution in [0, 0.1) is 6.92 Å². The molecule has 0 amide bonds. The topological polar surface area (TPSA) is 38.5 Å². The molecule has 0 aliphatic carbocycles. The number of unbranched alkanes of at least 4 members (excludes halogenated alkanes) is 1. The molecule has 1 unspecified atom stereocenters. The van der Waals surface area contributed by atoms with E-state index in [-0.39, 0.29) is 0 Å². The average molecular weight is 314 g/mol. The lowest BCUT2D eigenvalue weighted by atomic mass is 10.1. The maximum atomic E-state index is 5.73. The summed E-state index contributed by atoms with van der Waals surface area (Å²) in [6.45, 7) is 7.01. The van der Waals surface area contributed by atoms with Crippen molar-refractivity contribution in [2.45, 2.75) is 52.1 Å². The van der Waals surface area contributed by atoms with Crippen LogP contribution in [0.25, 0.3) is 0 Å². The van der Waals surface area contributed by atoms with Crippen LogP contribution < -0.4 is 4.74 Å². The van der Waals surface area contributed by atoms with Crippen molar-refractivity contribution in [1.82, 2.24) is 10.1 Å². The highest BCUT2D eigenvalue weighted by molar-refractivity contribution is 5.27. The SMILES string of the molecule is CCCCOc1ccc(CN2CCCC2c2cc(C)no2)cc1. The summed E-state index contributed by atoms with van der Waals surface area (Å²) >= 11 is 0. The molecular formula is C19H26N2O2. The van der Waals surface area contributed by atoms with E-state index in [9.17, 15) is 0 Å². The first kappa shape index (κ1) is 16.1. The summed E-state index contributed by atoms with van der Waals surface area (Å²) in [5.74, 6) is 1.96. The van der Waals surface area contributed by atoms with Gasteiger partial charge >= 0.3 is 0 Å². The van der Waals surface area contributed by atoms with Gasteiger partial charge in [-0.15, -0.1) is 0 Å². The van der Waals surface area contributed by atoms with E-state index in [1.54, 1.807) is 0 Å². The van der Waals surface area contributed by atoms with Crippen molar-refractivity contribution in [3.8, 4) is 5.75 Å². The van der Waals surface area contributed by atoms with Gasteiger partial charge in [0.1, 0.15) is 5.75 Å². The molecule has 124 valence electrons. The number of likely N-dealkylation sites (tertiary alicyclic amines) is 1. The van der Waals surface area contributed by atoms with Crippen LogP contribution in [0.5, 0.6) is 5.75 Å². The number of benzene rings is 1. The number of rotatable bonds is 7. The first-order chi connectivity index (χ1) is 11.3. The second-order valence-corrected chi connectivity index (χ2v) is 6.35. The Morgan fingerprint density at radius 3 is 2.83 bits per heavy atom. The van der Waals surface area contributed by atoms with Crippen molar-refractivity contribution >= 4 is 0 Å². The lowest BCUT2D eigenvalue weighted by molar-refractivity contribution is 0.206. The molecule has 1 saturated heterocycles. The van der Waals surface area contributed by atoms with Crippen molar-refractivity contribution in [3.63, 3.8) is 0 Å². The second-order valence-electron chi connectivity index (χ2n) is 6.35. The van der Waals surface area contributed by atoms with Crippen LogP contribution >= 0.6 is 0 Å². The van der Waals surface area contributed by atoms with Crippen molar-refractivity contribution in [1.29, 1.82) is 0 Å². The van der Waals surface area contributed by atoms with Gasteiger partial charge in [-0.25, -0.2) is 0 Å². The van der Waals surface area contributed by atoms with Gasteiger partial charge in [-0.1, -0.05) is 30.6 Å². The Kier molecular flexibility index (Phi) is 5.34. The predicted octanol–water partition coefficient (Wildman–Crippen LogP) is 4.50.